The van der Waals surface area contributed by atoms with Gasteiger partial charge in [0.05, 0.1) is 17.4 Å². The Morgan fingerprint density at radius 2 is 1.81 bits per heavy atom. The lowest BCUT2D eigenvalue weighted by Crippen LogP contribution is -2.48. The number of aromatic nitrogens is 2. The Balaban J connectivity index is 1.67. The fraction of sp³-hybridized carbons (Fsp3) is 0.389. The predicted octanol–water partition coefficient (Wildman–Crippen LogP) is 2.52. The van der Waals surface area contributed by atoms with Crippen molar-refractivity contribution in [3.05, 3.63) is 47.7 Å². The summed E-state index contributed by atoms with van der Waals surface area (Å²) in [5.41, 5.74) is 0.143. The average Bonchev–Trinajstić information content (AvgIpc) is 2.67. The summed E-state index contributed by atoms with van der Waals surface area (Å²) in [5, 5.41) is 8.03. The molecule has 1 fully saturated rings. The fourth-order valence-electron chi connectivity index (χ4n) is 2.92. The van der Waals surface area contributed by atoms with Crippen LogP contribution in [-0.4, -0.2) is 61.3 Å². The van der Waals surface area contributed by atoms with E-state index in [0.29, 0.717) is 26.2 Å². The molecule has 1 aromatic heterocycles. The van der Waals surface area contributed by atoms with Crippen molar-refractivity contribution in [3.63, 3.8) is 0 Å². The van der Waals surface area contributed by atoms with Gasteiger partial charge in [-0.15, -0.1) is 5.10 Å². The first kappa shape index (κ1) is 18.9. The molecule has 6 nitrogen and oxygen atoms in total. The highest BCUT2D eigenvalue weighted by atomic mass is 19.4. The Kier molecular flexibility index (Phi) is 5.20. The molecule has 27 heavy (non-hydrogen) atoms. The van der Waals surface area contributed by atoms with Crippen LogP contribution >= 0.6 is 0 Å². The van der Waals surface area contributed by atoms with E-state index in [1.165, 1.54) is 12.1 Å². The number of nitrogens with zero attached hydrogens (tertiary/aromatic N) is 5. The van der Waals surface area contributed by atoms with Crippen molar-refractivity contribution >= 4 is 17.4 Å². The topological polar surface area (TPSA) is 52.6 Å². The predicted molar refractivity (Wildman–Crippen MR) is 95.9 cm³/mol. The maximum atomic E-state index is 12.9. The highest BCUT2D eigenvalue weighted by molar-refractivity contribution is 5.94. The Morgan fingerprint density at radius 1 is 1.11 bits per heavy atom. The van der Waals surface area contributed by atoms with Crippen LogP contribution in [0.1, 0.15) is 15.9 Å². The van der Waals surface area contributed by atoms with Crippen LogP contribution in [0.4, 0.5) is 24.7 Å². The summed E-state index contributed by atoms with van der Waals surface area (Å²) in [7, 11) is 3.75. The van der Waals surface area contributed by atoms with Crippen molar-refractivity contribution in [3.8, 4) is 0 Å². The van der Waals surface area contributed by atoms with E-state index in [2.05, 4.69) is 15.1 Å². The normalized spacial score (nSPS) is 15.0. The molecule has 0 aliphatic carbocycles. The van der Waals surface area contributed by atoms with Crippen LogP contribution in [0.5, 0.6) is 0 Å². The second-order valence-corrected chi connectivity index (χ2v) is 6.52. The summed E-state index contributed by atoms with van der Waals surface area (Å²) in [6, 6.07) is 6.47. The molecule has 0 N–H and O–H groups in total. The molecule has 0 bridgehead atoms. The summed E-state index contributed by atoms with van der Waals surface area (Å²) in [6.45, 7) is 2.00. The van der Waals surface area contributed by atoms with E-state index in [4.69, 9.17) is 0 Å². The molecule has 144 valence electrons. The number of hydrogen-bond acceptors (Lipinski definition) is 5. The van der Waals surface area contributed by atoms with Gasteiger partial charge in [-0.1, -0.05) is 6.07 Å². The second kappa shape index (κ2) is 7.42. The Labute approximate surface area is 155 Å². The van der Waals surface area contributed by atoms with E-state index < -0.39 is 11.7 Å². The molecule has 1 amide bonds. The molecule has 2 heterocycles. The molecule has 3 rings (SSSR count). The van der Waals surface area contributed by atoms with Gasteiger partial charge in [0.15, 0.2) is 5.82 Å². The minimum absolute atomic E-state index is 0.0544. The smallest absolute Gasteiger partial charge is 0.367 e. The molecule has 9 heteroatoms. The minimum atomic E-state index is -4.46. The molecule has 1 aliphatic rings. The first-order valence-electron chi connectivity index (χ1n) is 8.47. The van der Waals surface area contributed by atoms with Gasteiger partial charge in [0, 0.05) is 51.9 Å². The van der Waals surface area contributed by atoms with Gasteiger partial charge in [0.2, 0.25) is 0 Å². The maximum absolute atomic E-state index is 12.9. The molecule has 0 unspecified atom stereocenters. The quantitative estimate of drug-likeness (QED) is 0.820. The number of anilines is 2. The number of halogens is 3. The molecular weight excluding hydrogens is 359 g/mol. The van der Waals surface area contributed by atoms with Crippen molar-refractivity contribution in [1.82, 2.24) is 15.1 Å². The first-order valence-corrected chi connectivity index (χ1v) is 8.47. The number of rotatable bonds is 3. The fourth-order valence-corrected chi connectivity index (χ4v) is 2.92. The monoisotopic (exact) mass is 379 g/mol. The zero-order valence-corrected chi connectivity index (χ0v) is 15.1. The van der Waals surface area contributed by atoms with Gasteiger partial charge >= 0.3 is 6.18 Å². The highest BCUT2D eigenvalue weighted by Crippen LogP contribution is 2.30. The summed E-state index contributed by atoms with van der Waals surface area (Å²) in [4.78, 5) is 18.1. The Morgan fingerprint density at radius 3 is 2.44 bits per heavy atom. The van der Waals surface area contributed by atoms with Gasteiger partial charge in [-0.2, -0.15) is 18.3 Å². The van der Waals surface area contributed by atoms with E-state index in [0.717, 1.165) is 23.6 Å². The van der Waals surface area contributed by atoms with Gasteiger partial charge in [0.1, 0.15) is 0 Å². The van der Waals surface area contributed by atoms with E-state index >= 15 is 0 Å². The Hall–Kier alpha value is -2.84. The summed E-state index contributed by atoms with van der Waals surface area (Å²) < 4.78 is 38.6. The van der Waals surface area contributed by atoms with Crippen LogP contribution in [0, 0.1) is 0 Å². The SMILES string of the molecule is CN(C)c1cc(N2CCN(C(=O)c3cccc(C(F)(F)F)c3)CC2)cnn1. The second-order valence-electron chi connectivity index (χ2n) is 6.52. The molecule has 0 saturated carbocycles. The number of carbonyl (C=O) groups is 1. The van der Waals surface area contributed by atoms with Crippen LogP contribution in [0.25, 0.3) is 0 Å². The van der Waals surface area contributed by atoms with Gasteiger partial charge in [0.25, 0.3) is 5.91 Å². The molecule has 2 aromatic rings. The van der Waals surface area contributed by atoms with E-state index in [1.807, 2.05) is 25.1 Å². The van der Waals surface area contributed by atoms with E-state index in [-0.39, 0.29) is 11.5 Å². The summed E-state index contributed by atoms with van der Waals surface area (Å²) in [5.74, 6) is 0.345. The molecular formula is C18H20F3N5O. The Bertz CT molecular complexity index is 817. The molecule has 0 spiro atoms. The highest BCUT2D eigenvalue weighted by Gasteiger charge is 2.31. The van der Waals surface area contributed by atoms with Crippen molar-refractivity contribution in [2.45, 2.75) is 6.18 Å². The molecule has 0 radical (unpaired) electrons. The lowest BCUT2D eigenvalue weighted by Gasteiger charge is -2.36. The third-order valence-corrected chi connectivity index (χ3v) is 4.45. The van der Waals surface area contributed by atoms with E-state index in [1.54, 1.807) is 11.1 Å². The molecule has 1 aromatic carbocycles. The van der Waals surface area contributed by atoms with Gasteiger partial charge in [-0.25, -0.2) is 0 Å². The third kappa shape index (κ3) is 4.29. The number of piperazine rings is 1. The average molecular weight is 379 g/mol. The van der Waals surface area contributed by atoms with Crippen molar-refractivity contribution < 1.29 is 18.0 Å². The van der Waals surface area contributed by atoms with Crippen LogP contribution in [-0.2, 0) is 6.18 Å². The minimum Gasteiger partial charge on any atom is -0.367 e. The van der Waals surface area contributed by atoms with Gasteiger partial charge < -0.3 is 14.7 Å². The number of alkyl halides is 3. The molecule has 1 saturated heterocycles. The molecule has 0 atom stereocenters. The number of carbonyl (C=O) groups excluding carboxylic acids is 1. The maximum Gasteiger partial charge on any atom is 0.416 e. The summed E-state index contributed by atoms with van der Waals surface area (Å²) in [6.07, 6.45) is -2.80. The number of amides is 1. The van der Waals surface area contributed by atoms with Crippen LogP contribution in [0.3, 0.4) is 0 Å². The van der Waals surface area contributed by atoms with Crippen LogP contribution in [0.2, 0.25) is 0 Å². The standard InChI is InChI=1S/C18H20F3N5O/c1-24(2)16-11-15(12-22-23-16)25-6-8-26(9-7-25)17(27)13-4-3-5-14(10-13)18(19,20)21/h3-5,10-12H,6-9H2,1-2H3. The summed E-state index contributed by atoms with van der Waals surface area (Å²) >= 11 is 0. The van der Waals surface area contributed by atoms with Crippen LogP contribution in [0.15, 0.2) is 36.5 Å². The van der Waals surface area contributed by atoms with Gasteiger partial charge in [-0.3, -0.25) is 4.79 Å². The first-order chi connectivity index (χ1) is 12.8. The number of benzene rings is 1. The zero-order chi connectivity index (χ0) is 19.6. The van der Waals surface area contributed by atoms with E-state index in [9.17, 15) is 18.0 Å². The van der Waals surface area contributed by atoms with Crippen molar-refractivity contribution in [1.29, 1.82) is 0 Å². The van der Waals surface area contributed by atoms with Crippen molar-refractivity contribution in [2.75, 3.05) is 50.1 Å². The lowest BCUT2D eigenvalue weighted by atomic mass is 10.1. The third-order valence-electron chi connectivity index (χ3n) is 4.45. The lowest BCUT2D eigenvalue weighted by molar-refractivity contribution is -0.137. The largest absolute Gasteiger partial charge is 0.416 e. The molecule has 1 aliphatic heterocycles. The number of hydrogen-bond donors (Lipinski definition) is 0. The zero-order valence-electron chi connectivity index (χ0n) is 15.1. The van der Waals surface area contributed by atoms with Crippen molar-refractivity contribution in [2.24, 2.45) is 0 Å². The van der Waals surface area contributed by atoms with Gasteiger partial charge in [-0.05, 0) is 18.2 Å². The van der Waals surface area contributed by atoms with Crippen LogP contribution < -0.4 is 9.80 Å².